The summed E-state index contributed by atoms with van der Waals surface area (Å²) in [5, 5.41) is 10.7. The van der Waals surface area contributed by atoms with Crippen LogP contribution in [0.5, 0.6) is 0 Å². The number of carboxylic acid groups (broad SMARTS) is 1. The monoisotopic (exact) mass is 305 g/mol. The molecule has 0 bridgehead atoms. The molecular formula is C16H19NO3S. The van der Waals surface area contributed by atoms with E-state index in [1.54, 1.807) is 23.9 Å². The molecule has 1 heterocycles. The first kappa shape index (κ1) is 15.6. The number of thioether (sulfide) groups is 1. The van der Waals surface area contributed by atoms with Crippen LogP contribution < -0.4 is 0 Å². The van der Waals surface area contributed by atoms with Gasteiger partial charge < -0.3 is 10.0 Å². The number of carbonyl (C=O) groups is 2. The topological polar surface area (TPSA) is 57.6 Å². The van der Waals surface area contributed by atoms with Crippen LogP contribution in [0.3, 0.4) is 0 Å². The molecule has 0 amide bonds. The van der Waals surface area contributed by atoms with Crippen LogP contribution in [-0.2, 0) is 9.59 Å². The molecule has 0 saturated heterocycles. The maximum atomic E-state index is 12.1. The molecule has 4 nitrogen and oxygen atoms in total. The van der Waals surface area contributed by atoms with Crippen molar-refractivity contribution in [2.45, 2.75) is 20.3 Å². The van der Waals surface area contributed by atoms with E-state index in [1.807, 2.05) is 42.6 Å². The molecule has 0 aromatic carbocycles. The molecule has 1 aliphatic heterocycles. The quantitative estimate of drug-likeness (QED) is 0.845. The number of carboxylic acids is 1. The number of carbonyl (C=O) groups excluding carboxylic acids is 1. The van der Waals surface area contributed by atoms with Gasteiger partial charge in [0.2, 0.25) is 0 Å². The first-order valence-electron chi connectivity index (χ1n) is 6.94. The van der Waals surface area contributed by atoms with Crippen molar-refractivity contribution in [2.24, 2.45) is 11.8 Å². The van der Waals surface area contributed by atoms with Gasteiger partial charge in [0.25, 0.3) is 0 Å². The summed E-state index contributed by atoms with van der Waals surface area (Å²) in [6, 6.07) is 0. The number of nitrogens with zero attached hydrogens (tertiary/aromatic N) is 1. The Morgan fingerprint density at radius 1 is 1.48 bits per heavy atom. The highest BCUT2D eigenvalue weighted by Gasteiger charge is 2.29. The number of aliphatic carboxylic acids is 1. The molecule has 1 aliphatic carbocycles. The van der Waals surface area contributed by atoms with Crippen molar-refractivity contribution in [1.82, 2.24) is 4.90 Å². The molecule has 1 unspecified atom stereocenters. The molecule has 0 aromatic heterocycles. The molecule has 0 spiro atoms. The minimum atomic E-state index is -0.813. The van der Waals surface area contributed by atoms with Gasteiger partial charge in [0.15, 0.2) is 5.78 Å². The largest absolute Gasteiger partial charge is 0.481 e. The van der Waals surface area contributed by atoms with Crippen LogP contribution in [0, 0.1) is 11.8 Å². The highest BCUT2D eigenvalue weighted by Crippen LogP contribution is 2.38. The lowest BCUT2D eigenvalue weighted by Crippen LogP contribution is -2.25. The molecule has 1 atom stereocenters. The molecule has 5 heteroatoms. The van der Waals surface area contributed by atoms with Crippen molar-refractivity contribution in [2.75, 3.05) is 6.54 Å². The van der Waals surface area contributed by atoms with E-state index in [0.29, 0.717) is 6.54 Å². The zero-order chi connectivity index (χ0) is 15.4. The third kappa shape index (κ3) is 3.88. The van der Waals surface area contributed by atoms with Crippen LogP contribution >= 0.6 is 11.8 Å². The summed E-state index contributed by atoms with van der Waals surface area (Å²) >= 11 is 1.57. The minimum absolute atomic E-state index is 0.0876. The Labute approximate surface area is 128 Å². The Balaban J connectivity index is 2.19. The lowest BCUT2D eigenvalue weighted by atomic mass is 9.81. The molecule has 2 rings (SSSR count). The number of hydrogen-bond donors (Lipinski definition) is 1. The Hall–Kier alpha value is -1.75. The maximum absolute atomic E-state index is 12.1. The second-order valence-corrected chi connectivity index (χ2v) is 6.33. The van der Waals surface area contributed by atoms with Gasteiger partial charge in [0.05, 0.1) is 12.3 Å². The summed E-state index contributed by atoms with van der Waals surface area (Å²) in [4.78, 5) is 25.7. The normalized spacial score (nSPS) is 21.6. The fourth-order valence-electron chi connectivity index (χ4n) is 2.44. The summed E-state index contributed by atoms with van der Waals surface area (Å²) in [5.41, 5.74) is 1.02. The van der Waals surface area contributed by atoms with Gasteiger partial charge >= 0.3 is 5.97 Å². The third-order valence-electron chi connectivity index (χ3n) is 3.44. The predicted octanol–water partition coefficient (Wildman–Crippen LogP) is 3.16. The molecule has 21 heavy (non-hydrogen) atoms. The molecule has 0 radical (unpaired) electrons. The predicted molar refractivity (Wildman–Crippen MR) is 84.3 cm³/mol. The molecule has 1 N–H and O–H groups in total. The second-order valence-electron chi connectivity index (χ2n) is 5.38. The van der Waals surface area contributed by atoms with Crippen molar-refractivity contribution < 1.29 is 14.7 Å². The lowest BCUT2D eigenvalue weighted by Gasteiger charge is -2.28. The molecule has 0 fully saturated rings. The molecule has 0 saturated carbocycles. The molecule has 0 aromatic rings. The minimum Gasteiger partial charge on any atom is -0.481 e. The third-order valence-corrected chi connectivity index (χ3v) is 4.30. The zero-order valence-electron chi connectivity index (χ0n) is 12.2. The summed E-state index contributed by atoms with van der Waals surface area (Å²) in [6.07, 6.45) is 9.28. The van der Waals surface area contributed by atoms with Crippen LogP contribution in [-0.4, -0.2) is 28.3 Å². The van der Waals surface area contributed by atoms with Crippen LogP contribution in [0.25, 0.3) is 0 Å². The zero-order valence-corrected chi connectivity index (χ0v) is 13.0. The standard InChI is InChI=1S/C16H19NO3S/c1-11(2)16-12(4-3-5-13(16)18)14-10-17(8-9-21-14)7-6-15(19)20/h3-5,8-11,16H,6-7H2,1-2H3,(H,19,20). The fourth-order valence-corrected chi connectivity index (χ4v) is 3.33. The van der Waals surface area contributed by atoms with Crippen LogP contribution in [0.2, 0.25) is 0 Å². The summed E-state index contributed by atoms with van der Waals surface area (Å²) in [7, 11) is 0. The van der Waals surface area contributed by atoms with Crippen LogP contribution in [0.4, 0.5) is 0 Å². The number of hydrogen-bond acceptors (Lipinski definition) is 4. The smallest absolute Gasteiger partial charge is 0.305 e. The fraction of sp³-hybridized carbons (Fsp3) is 0.375. The molecule has 2 aliphatic rings. The van der Waals surface area contributed by atoms with Crippen molar-refractivity contribution in [3.63, 3.8) is 0 Å². The van der Waals surface area contributed by atoms with Crippen molar-refractivity contribution in [3.8, 4) is 0 Å². The number of ketones is 1. The summed E-state index contributed by atoms with van der Waals surface area (Å²) in [6.45, 7) is 4.52. The van der Waals surface area contributed by atoms with E-state index < -0.39 is 5.97 Å². The lowest BCUT2D eigenvalue weighted by molar-refractivity contribution is -0.137. The van der Waals surface area contributed by atoms with Gasteiger partial charge in [-0.3, -0.25) is 9.59 Å². The van der Waals surface area contributed by atoms with E-state index in [2.05, 4.69) is 0 Å². The van der Waals surface area contributed by atoms with Crippen molar-refractivity contribution in [3.05, 3.63) is 46.5 Å². The van der Waals surface area contributed by atoms with Gasteiger partial charge in [-0.25, -0.2) is 0 Å². The first-order valence-corrected chi connectivity index (χ1v) is 7.82. The van der Waals surface area contributed by atoms with Gasteiger partial charge in [-0.15, -0.1) is 0 Å². The van der Waals surface area contributed by atoms with E-state index in [1.165, 1.54) is 0 Å². The average molecular weight is 305 g/mol. The van der Waals surface area contributed by atoms with Gasteiger partial charge in [0.1, 0.15) is 0 Å². The first-order chi connectivity index (χ1) is 9.99. The Morgan fingerprint density at radius 2 is 2.24 bits per heavy atom. The number of rotatable bonds is 5. The Bertz CT molecular complexity index is 558. The van der Waals surface area contributed by atoms with Crippen LogP contribution in [0.1, 0.15) is 20.3 Å². The van der Waals surface area contributed by atoms with Gasteiger partial charge in [-0.2, -0.15) is 0 Å². The molecule has 112 valence electrons. The maximum Gasteiger partial charge on any atom is 0.305 e. The average Bonchev–Trinajstić information content (AvgIpc) is 2.44. The molecular weight excluding hydrogens is 286 g/mol. The van der Waals surface area contributed by atoms with Crippen molar-refractivity contribution in [1.29, 1.82) is 0 Å². The van der Waals surface area contributed by atoms with E-state index in [0.717, 1.165) is 10.5 Å². The van der Waals surface area contributed by atoms with E-state index in [-0.39, 0.29) is 24.0 Å². The van der Waals surface area contributed by atoms with E-state index in [9.17, 15) is 9.59 Å². The summed E-state index contributed by atoms with van der Waals surface area (Å²) < 4.78 is 0. The Morgan fingerprint density at radius 3 is 2.90 bits per heavy atom. The van der Waals surface area contributed by atoms with E-state index in [4.69, 9.17) is 5.11 Å². The van der Waals surface area contributed by atoms with Crippen LogP contribution in [0.15, 0.2) is 46.5 Å². The highest BCUT2D eigenvalue weighted by atomic mass is 32.2. The SMILES string of the molecule is CC(C)C1C(=O)C=CC=C1C1=CN(CCC(=O)O)C=CS1. The van der Waals surface area contributed by atoms with E-state index >= 15 is 0 Å². The summed E-state index contributed by atoms with van der Waals surface area (Å²) in [5.74, 6) is -0.572. The number of allylic oxidation sites excluding steroid dienone is 4. The van der Waals surface area contributed by atoms with Gasteiger partial charge in [-0.05, 0) is 23.0 Å². The van der Waals surface area contributed by atoms with Gasteiger partial charge in [0, 0.05) is 23.8 Å². The highest BCUT2D eigenvalue weighted by molar-refractivity contribution is 8.06. The van der Waals surface area contributed by atoms with Crippen molar-refractivity contribution >= 4 is 23.5 Å². The van der Waals surface area contributed by atoms with Gasteiger partial charge in [-0.1, -0.05) is 37.8 Å². The Kier molecular flexibility index (Phi) is 5.07. The second kappa shape index (κ2) is 6.80.